The van der Waals surface area contributed by atoms with Crippen LogP contribution >= 0.6 is 11.3 Å². The summed E-state index contributed by atoms with van der Waals surface area (Å²) in [5.41, 5.74) is -1.80. The first-order valence-corrected chi connectivity index (χ1v) is 6.82. The summed E-state index contributed by atoms with van der Waals surface area (Å²) in [6, 6.07) is 5.75. The molecule has 0 unspecified atom stereocenters. The van der Waals surface area contributed by atoms with Crippen LogP contribution < -0.4 is 0 Å². The van der Waals surface area contributed by atoms with Crippen LogP contribution in [-0.4, -0.2) is 12.6 Å². The zero-order valence-electron chi connectivity index (χ0n) is 10.6. The zero-order chi connectivity index (χ0) is 15.5. The minimum absolute atomic E-state index is 0.0536. The quantitative estimate of drug-likeness (QED) is 0.620. The fraction of sp³-hybridized carbons (Fsp3) is 0.214. The van der Waals surface area contributed by atoms with Crippen LogP contribution in [0.3, 0.4) is 0 Å². The third-order valence-corrected chi connectivity index (χ3v) is 3.61. The van der Waals surface area contributed by atoms with Crippen LogP contribution in [0.5, 0.6) is 0 Å². The second-order valence-electron chi connectivity index (χ2n) is 4.16. The Balaban J connectivity index is 2.02. The molecule has 0 saturated heterocycles. The van der Waals surface area contributed by atoms with Crippen molar-refractivity contribution in [3.8, 4) is 0 Å². The molecule has 7 heteroatoms. The van der Waals surface area contributed by atoms with E-state index in [1.54, 1.807) is 0 Å². The number of ether oxygens (including phenoxy) is 1. The monoisotopic (exact) mass is 318 g/mol. The van der Waals surface area contributed by atoms with E-state index < -0.39 is 23.5 Å². The van der Waals surface area contributed by atoms with Gasteiger partial charge in [0.25, 0.3) is 0 Å². The van der Waals surface area contributed by atoms with E-state index in [1.807, 2.05) is 17.5 Å². The number of hydrogen-bond donors (Lipinski definition) is 0. The molecular formula is C14H10F4O2S. The molecule has 0 N–H and O–H groups in total. The first kappa shape index (κ1) is 15.5. The fourth-order valence-electron chi connectivity index (χ4n) is 1.65. The van der Waals surface area contributed by atoms with E-state index in [0.717, 1.165) is 10.9 Å². The van der Waals surface area contributed by atoms with Gasteiger partial charge in [-0.2, -0.15) is 13.2 Å². The highest BCUT2D eigenvalue weighted by molar-refractivity contribution is 7.09. The highest BCUT2D eigenvalue weighted by atomic mass is 32.1. The van der Waals surface area contributed by atoms with Crippen LogP contribution in [0.25, 0.3) is 0 Å². The smallest absolute Gasteiger partial charge is 0.419 e. The minimum Gasteiger partial charge on any atom is -0.462 e. The lowest BCUT2D eigenvalue weighted by Crippen LogP contribution is -2.12. The molecule has 0 aliphatic heterocycles. The van der Waals surface area contributed by atoms with E-state index in [-0.39, 0.29) is 12.2 Å². The highest BCUT2D eigenvalue weighted by Crippen LogP contribution is 2.32. The summed E-state index contributed by atoms with van der Waals surface area (Å²) in [5.74, 6) is -2.32. The van der Waals surface area contributed by atoms with Gasteiger partial charge in [0.15, 0.2) is 0 Å². The predicted octanol–water partition coefficient (Wildman–Crippen LogP) is 4.31. The molecule has 2 rings (SSSR count). The zero-order valence-corrected chi connectivity index (χ0v) is 11.4. The Bertz CT molecular complexity index is 620. The Labute approximate surface area is 122 Å². The van der Waals surface area contributed by atoms with Crippen molar-refractivity contribution >= 4 is 17.3 Å². The topological polar surface area (TPSA) is 26.3 Å². The van der Waals surface area contributed by atoms with Gasteiger partial charge >= 0.3 is 12.1 Å². The largest absolute Gasteiger partial charge is 0.462 e. The molecule has 0 aliphatic rings. The molecule has 0 atom stereocenters. The number of carbonyl (C=O) groups excluding carboxylic acids is 1. The molecule has 0 saturated carbocycles. The molecule has 0 spiro atoms. The van der Waals surface area contributed by atoms with E-state index in [0.29, 0.717) is 18.6 Å². The average Bonchev–Trinajstić information content (AvgIpc) is 2.91. The molecule has 21 heavy (non-hydrogen) atoms. The maximum Gasteiger partial charge on any atom is 0.419 e. The fourth-order valence-corrected chi connectivity index (χ4v) is 2.34. The van der Waals surface area contributed by atoms with Gasteiger partial charge in [0, 0.05) is 11.3 Å². The van der Waals surface area contributed by atoms with Gasteiger partial charge in [0.2, 0.25) is 0 Å². The Morgan fingerprint density at radius 2 is 2.00 bits per heavy atom. The summed E-state index contributed by atoms with van der Waals surface area (Å²) in [5, 5.41) is 1.87. The molecule has 1 heterocycles. The molecule has 0 aliphatic carbocycles. The van der Waals surface area contributed by atoms with Crippen molar-refractivity contribution in [2.45, 2.75) is 12.6 Å². The van der Waals surface area contributed by atoms with E-state index in [2.05, 4.69) is 0 Å². The molecule has 0 fully saturated rings. The van der Waals surface area contributed by atoms with Crippen molar-refractivity contribution in [3.05, 3.63) is 57.5 Å². The van der Waals surface area contributed by atoms with Gasteiger partial charge < -0.3 is 4.74 Å². The van der Waals surface area contributed by atoms with Crippen LogP contribution in [0.4, 0.5) is 17.6 Å². The lowest BCUT2D eigenvalue weighted by atomic mass is 10.1. The summed E-state index contributed by atoms with van der Waals surface area (Å²) < 4.78 is 55.6. The van der Waals surface area contributed by atoms with Gasteiger partial charge in [-0.1, -0.05) is 6.07 Å². The van der Waals surface area contributed by atoms with Crippen molar-refractivity contribution in [2.24, 2.45) is 0 Å². The van der Waals surface area contributed by atoms with Gasteiger partial charge in [0.1, 0.15) is 5.82 Å². The Hall–Kier alpha value is -1.89. The van der Waals surface area contributed by atoms with Crippen LogP contribution in [-0.2, 0) is 17.3 Å². The van der Waals surface area contributed by atoms with E-state index in [9.17, 15) is 22.4 Å². The summed E-state index contributed by atoms with van der Waals surface area (Å²) in [7, 11) is 0. The number of esters is 1. The van der Waals surface area contributed by atoms with Gasteiger partial charge in [-0.3, -0.25) is 0 Å². The lowest BCUT2D eigenvalue weighted by molar-refractivity contribution is -0.140. The summed E-state index contributed by atoms with van der Waals surface area (Å²) >= 11 is 1.49. The molecule has 2 nitrogen and oxygen atoms in total. The molecule has 1 aromatic heterocycles. The molecule has 112 valence electrons. The number of carbonyl (C=O) groups is 1. The van der Waals surface area contributed by atoms with Crippen molar-refractivity contribution in [3.63, 3.8) is 0 Å². The van der Waals surface area contributed by atoms with E-state index in [1.165, 1.54) is 11.3 Å². The van der Waals surface area contributed by atoms with Crippen molar-refractivity contribution < 1.29 is 27.1 Å². The Kier molecular flexibility index (Phi) is 4.62. The van der Waals surface area contributed by atoms with Crippen LogP contribution in [0, 0.1) is 5.82 Å². The van der Waals surface area contributed by atoms with Gasteiger partial charge in [-0.25, -0.2) is 9.18 Å². The average molecular weight is 318 g/mol. The Morgan fingerprint density at radius 1 is 1.24 bits per heavy atom. The predicted molar refractivity (Wildman–Crippen MR) is 69.7 cm³/mol. The first-order chi connectivity index (χ1) is 9.88. The number of halogens is 4. The molecule has 1 aromatic carbocycles. The number of alkyl halides is 3. The van der Waals surface area contributed by atoms with Crippen LogP contribution in [0.2, 0.25) is 0 Å². The second kappa shape index (κ2) is 6.26. The number of hydrogen-bond acceptors (Lipinski definition) is 3. The summed E-state index contributed by atoms with van der Waals surface area (Å²) in [6.45, 7) is 0.0536. The SMILES string of the molecule is O=C(OCCc1cccs1)c1ccc(F)c(C(F)(F)F)c1. The van der Waals surface area contributed by atoms with Crippen molar-refractivity contribution in [2.75, 3.05) is 6.61 Å². The molecule has 0 amide bonds. The van der Waals surface area contributed by atoms with Gasteiger partial charge in [-0.15, -0.1) is 11.3 Å². The number of benzene rings is 1. The normalized spacial score (nSPS) is 11.4. The van der Waals surface area contributed by atoms with E-state index in [4.69, 9.17) is 4.74 Å². The maximum absolute atomic E-state index is 13.1. The first-order valence-electron chi connectivity index (χ1n) is 5.94. The molecular weight excluding hydrogens is 308 g/mol. The van der Waals surface area contributed by atoms with Crippen molar-refractivity contribution in [1.29, 1.82) is 0 Å². The summed E-state index contributed by atoms with van der Waals surface area (Å²) in [6.07, 6.45) is -4.37. The standard InChI is InChI=1S/C14H10F4O2S/c15-12-4-3-9(8-11(12)14(16,17)18)13(19)20-6-5-10-2-1-7-21-10/h1-4,7-8H,5-6H2. The molecule has 0 radical (unpaired) electrons. The maximum atomic E-state index is 13.1. The van der Waals surface area contributed by atoms with Gasteiger partial charge in [0.05, 0.1) is 17.7 Å². The van der Waals surface area contributed by atoms with E-state index >= 15 is 0 Å². The Morgan fingerprint density at radius 3 is 2.62 bits per heavy atom. The highest BCUT2D eigenvalue weighted by Gasteiger charge is 2.34. The third-order valence-electron chi connectivity index (χ3n) is 2.67. The minimum atomic E-state index is -4.85. The van der Waals surface area contributed by atoms with Crippen LogP contribution in [0.1, 0.15) is 20.8 Å². The van der Waals surface area contributed by atoms with Gasteiger partial charge in [-0.05, 0) is 29.6 Å². The molecule has 2 aromatic rings. The second-order valence-corrected chi connectivity index (χ2v) is 5.19. The van der Waals surface area contributed by atoms with Crippen LogP contribution in [0.15, 0.2) is 35.7 Å². The summed E-state index contributed by atoms with van der Waals surface area (Å²) in [4.78, 5) is 12.7. The third kappa shape index (κ3) is 4.04. The molecule has 0 bridgehead atoms. The number of thiophene rings is 1. The lowest BCUT2D eigenvalue weighted by Gasteiger charge is -2.10. The van der Waals surface area contributed by atoms with Crippen molar-refractivity contribution in [1.82, 2.24) is 0 Å². The number of rotatable bonds is 4.